The molecule has 0 amide bonds. The Bertz CT molecular complexity index is 1060. The maximum Gasteiger partial charge on any atom is 0.243 e. The molecule has 0 atom stereocenters. The molecule has 2 heterocycles. The molecule has 2 aromatic carbocycles. The van der Waals surface area contributed by atoms with Gasteiger partial charge in [0.2, 0.25) is 10.0 Å². The van der Waals surface area contributed by atoms with E-state index >= 15 is 0 Å². The lowest BCUT2D eigenvalue weighted by Gasteiger charge is -2.34. The van der Waals surface area contributed by atoms with Gasteiger partial charge >= 0.3 is 0 Å². The minimum absolute atomic E-state index is 0.308. The summed E-state index contributed by atoms with van der Waals surface area (Å²) in [4.78, 5) is 7.10. The summed E-state index contributed by atoms with van der Waals surface area (Å²) in [6.07, 6.45) is 3.81. The zero-order chi connectivity index (χ0) is 21.0. The summed E-state index contributed by atoms with van der Waals surface area (Å²) in [5.74, 6) is 1.60. The lowest BCUT2D eigenvalue weighted by atomic mass is 10.2. The fourth-order valence-corrected chi connectivity index (χ4v) is 5.10. The van der Waals surface area contributed by atoms with Crippen LogP contribution in [0.25, 0.3) is 11.4 Å². The van der Waals surface area contributed by atoms with Crippen molar-refractivity contribution in [2.75, 3.05) is 39.8 Å². The molecule has 0 N–H and O–H groups in total. The SMILES string of the molecule is COc1ccc(S(=O)(=O)N2CCN(CCn3ccnc3-c3ccccc3)CC2)cc1. The van der Waals surface area contributed by atoms with Crippen molar-refractivity contribution in [2.24, 2.45) is 0 Å². The molecule has 1 fully saturated rings. The van der Waals surface area contributed by atoms with Gasteiger partial charge in [-0.2, -0.15) is 4.31 Å². The van der Waals surface area contributed by atoms with Gasteiger partial charge in [0.15, 0.2) is 0 Å². The molecular formula is C22H26N4O3S. The van der Waals surface area contributed by atoms with E-state index in [9.17, 15) is 8.42 Å². The highest BCUT2D eigenvalue weighted by Gasteiger charge is 2.28. The molecule has 1 aliphatic heterocycles. The van der Waals surface area contributed by atoms with Crippen LogP contribution >= 0.6 is 0 Å². The average molecular weight is 427 g/mol. The number of sulfonamides is 1. The van der Waals surface area contributed by atoms with Crippen LogP contribution < -0.4 is 4.74 Å². The Morgan fingerprint density at radius 2 is 1.63 bits per heavy atom. The zero-order valence-corrected chi connectivity index (χ0v) is 17.8. The highest BCUT2D eigenvalue weighted by molar-refractivity contribution is 7.89. The first-order valence-electron chi connectivity index (χ1n) is 10.0. The van der Waals surface area contributed by atoms with E-state index in [0.717, 1.165) is 24.5 Å². The zero-order valence-electron chi connectivity index (χ0n) is 17.0. The number of rotatable bonds is 7. The molecule has 0 radical (unpaired) electrons. The Morgan fingerprint density at radius 3 is 2.30 bits per heavy atom. The quantitative estimate of drug-likeness (QED) is 0.581. The van der Waals surface area contributed by atoms with Crippen molar-refractivity contribution in [1.82, 2.24) is 18.8 Å². The second-order valence-electron chi connectivity index (χ2n) is 7.23. The molecule has 0 unspecified atom stereocenters. The van der Waals surface area contributed by atoms with Crippen LogP contribution in [0.15, 0.2) is 71.9 Å². The van der Waals surface area contributed by atoms with E-state index in [1.165, 1.54) is 0 Å². The lowest BCUT2D eigenvalue weighted by Crippen LogP contribution is -2.49. The number of imidazole rings is 1. The summed E-state index contributed by atoms with van der Waals surface area (Å²) in [6.45, 7) is 4.07. The molecule has 1 aliphatic rings. The first kappa shape index (κ1) is 20.6. The van der Waals surface area contributed by atoms with Gasteiger partial charge in [0.25, 0.3) is 0 Å². The van der Waals surface area contributed by atoms with Crippen molar-refractivity contribution in [3.05, 3.63) is 67.0 Å². The summed E-state index contributed by atoms with van der Waals surface area (Å²) in [5.41, 5.74) is 1.10. The second kappa shape index (κ2) is 8.99. The fraction of sp³-hybridized carbons (Fsp3) is 0.318. The van der Waals surface area contributed by atoms with Gasteiger partial charge in [0.1, 0.15) is 11.6 Å². The first-order valence-corrected chi connectivity index (χ1v) is 11.4. The summed E-state index contributed by atoms with van der Waals surface area (Å²) >= 11 is 0. The van der Waals surface area contributed by atoms with Gasteiger partial charge in [-0.15, -0.1) is 0 Å². The summed E-state index contributed by atoms with van der Waals surface area (Å²) in [6, 6.07) is 16.7. The van der Waals surface area contributed by atoms with Gasteiger partial charge in [-0.1, -0.05) is 30.3 Å². The van der Waals surface area contributed by atoms with Gasteiger partial charge in [0.05, 0.1) is 12.0 Å². The van der Waals surface area contributed by atoms with E-state index in [0.29, 0.717) is 36.8 Å². The molecule has 0 saturated carbocycles. The largest absolute Gasteiger partial charge is 0.497 e. The van der Waals surface area contributed by atoms with Crippen LogP contribution in [-0.4, -0.2) is 67.0 Å². The molecule has 8 heteroatoms. The second-order valence-corrected chi connectivity index (χ2v) is 9.17. The Hall–Kier alpha value is -2.68. The molecule has 1 saturated heterocycles. The predicted octanol–water partition coefficient (Wildman–Crippen LogP) is 2.57. The molecule has 158 valence electrons. The van der Waals surface area contributed by atoms with Gasteiger partial charge < -0.3 is 9.30 Å². The third-order valence-electron chi connectivity index (χ3n) is 5.43. The van der Waals surface area contributed by atoms with Gasteiger partial charge in [0, 0.05) is 57.2 Å². The number of aromatic nitrogens is 2. The molecule has 7 nitrogen and oxygen atoms in total. The fourth-order valence-electron chi connectivity index (χ4n) is 3.68. The van der Waals surface area contributed by atoms with Crippen molar-refractivity contribution in [2.45, 2.75) is 11.4 Å². The summed E-state index contributed by atoms with van der Waals surface area (Å²) in [7, 11) is -1.91. The number of hydrogen-bond donors (Lipinski definition) is 0. The number of benzene rings is 2. The van der Waals surface area contributed by atoms with Crippen LogP contribution in [0.1, 0.15) is 0 Å². The van der Waals surface area contributed by atoms with Gasteiger partial charge in [-0.25, -0.2) is 13.4 Å². The summed E-state index contributed by atoms with van der Waals surface area (Å²) in [5, 5.41) is 0. The Balaban J connectivity index is 1.34. The third-order valence-corrected chi connectivity index (χ3v) is 7.35. The van der Waals surface area contributed by atoms with Crippen molar-refractivity contribution < 1.29 is 13.2 Å². The lowest BCUT2D eigenvalue weighted by molar-refractivity contribution is 0.183. The number of ether oxygens (including phenoxy) is 1. The predicted molar refractivity (Wildman–Crippen MR) is 116 cm³/mol. The highest BCUT2D eigenvalue weighted by atomic mass is 32.2. The third kappa shape index (κ3) is 4.40. The van der Waals surface area contributed by atoms with Crippen molar-refractivity contribution in [3.8, 4) is 17.1 Å². The van der Waals surface area contributed by atoms with E-state index < -0.39 is 10.0 Å². The van der Waals surface area contributed by atoms with Crippen molar-refractivity contribution in [1.29, 1.82) is 0 Å². The van der Waals surface area contributed by atoms with Crippen molar-refractivity contribution in [3.63, 3.8) is 0 Å². The number of methoxy groups -OCH3 is 1. The molecule has 0 bridgehead atoms. The van der Waals surface area contributed by atoms with Gasteiger partial charge in [-0.3, -0.25) is 4.90 Å². The van der Waals surface area contributed by atoms with Gasteiger partial charge in [-0.05, 0) is 24.3 Å². The Morgan fingerprint density at radius 1 is 0.933 bits per heavy atom. The standard InChI is InChI=1S/C22H26N4O3S/c1-29-20-7-9-21(10-8-20)30(27,28)26-17-14-24(15-18-26)13-16-25-12-11-23-22(25)19-5-3-2-4-6-19/h2-12H,13-18H2,1H3. The van der Waals surface area contributed by atoms with Crippen molar-refractivity contribution >= 4 is 10.0 Å². The molecule has 1 aromatic heterocycles. The monoisotopic (exact) mass is 426 g/mol. The molecular weight excluding hydrogens is 400 g/mol. The molecule has 3 aromatic rings. The summed E-state index contributed by atoms with van der Waals surface area (Å²) < 4.78 is 34.6. The maximum atomic E-state index is 12.9. The normalized spacial score (nSPS) is 15.9. The first-order chi connectivity index (χ1) is 14.6. The number of piperazine rings is 1. The minimum Gasteiger partial charge on any atom is -0.497 e. The Kier molecular flexibility index (Phi) is 6.17. The Labute approximate surface area is 177 Å². The van der Waals surface area contributed by atoms with E-state index in [2.05, 4.69) is 26.6 Å². The van der Waals surface area contributed by atoms with Crippen LogP contribution in [0.4, 0.5) is 0 Å². The van der Waals surface area contributed by atoms with Crippen LogP contribution in [0, 0.1) is 0 Å². The van der Waals surface area contributed by atoms with E-state index in [4.69, 9.17) is 4.74 Å². The average Bonchev–Trinajstić information content (AvgIpc) is 3.27. The van der Waals surface area contributed by atoms with E-state index in [-0.39, 0.29) is 0 Å². The number of hydrogen-bond acceptors (Lipinski definition) is 5. The molecule has 0 spiro atoms. The van der Waals surface area contributed by atoms with Crippen LogP contribution in [0.5, 0.6) is 5.75 Å². The number of nitrogens with zero attached hydrogens (tertiary/aromatic N) is 4. The van der Waals surface area contributed by atoms with Crippen LogP contribution in [-0.2, 0) is 16.6 Å². The molecule has 0 aliphatic carbocycles. The highest BCUT2D eigenvalue weighted by Crippen LogP contribution is 2.21. The minimum atomic E-state index is -3.48. The molecule has 4 rings (SSSR count). The van der Waals surface area contributed by atoms with E-state index in [1.807, 2.05) is 30.6 Å². The van der Waals surface area contributed by atoms with Crippen LogP contribution in [0.2, 0.25) is 0 Å². The van der Waals surface area contributed by atoms with Crippen LogP contribution in [0.3, 0.4) is 0 Å². The topological polar surface area (TPSA) is 67.7 Å². The van der Waals surface area contributed by atoms with E-state index in [1.54, 1.807) is 35.7 Å². The molecule has 30 heavy (non-hydrogen) atoms. The maximum absolute atomic E-state index is 12.9. The smallest absolute Gasteiger partial charge is 0.243 e.